The third kappa shape index (κ3) is 3.45. The number of nitrogens with one attached hydrogen (secondary N) is 2. The highest BCUT2D eigenvalue weighted by molar-refractivity contribution is 5.95. The van der Waals surface area contributed by atoms with Gasteiger partial charge < -0.3 is 15.4 Å². The number of carbonyl (C=O) groups excluding carboxylic acids is 2. The molecule has 102 valence electrons. The lowest BCUT2D eigenvalue weighted by atomic mass is 10.2. The SMILES string of the molecule is CCOCC(=O)Nc1ccc(N2CCNC2=O)cc1. The van der Waals surface area contributed by atoms with Gasteiger partial charge >= 0.3 is 6.03 Å². The van der Waals surface area contributed by atoms with Crippen molar-refractivity contribution in [1.29, 1.82) is 0 Å². The van der Waals surface area contributed by atoms with Gasteiger partial charge in [0, 0.05) is 31.1 Å². The normalized spacial score (nSPS) is 14.4. The highest BCUT2D eigenvalue weighted by Gasteiger charge is 2.20. The fourth-order valence-corrected chi connectivity index (χ4v) is 1.83. The summed E-state index contributed by atoms with van der Waals surface area (Å²) in [7, 11) is 0. The minimum Gasteiger partial charge on any atom is -0.372 e. The van der Waals surface area contributed by atoms with Crippen molar-refractivity contribution in [3.8, 4) is 0 Å². The first-order valence-corrected chi connectivity index (χ1v) is 6.23. The Labute approximate surface area is 111 Å². The summed E-state index contributed by atoms with van der Waals surface area (Å²) in [4.78, 5) is 24.6. The largest absolute Gasteiger partial charge is 0.372 e. The minimum absolute atomic E-state index is 0.0484. The van der Waals surface area contributed by atoms with Crippen LogP contribution in [0.25, 0.3) is 0 Å². The number of nitrogens with zero attached hydrogens (tertiary/aromatic N) is 1. The van der Waals surface area contributed by atoms with E-state index in [0.29, 0.717) is 25.4 Å². The molecule has 0 aromatic heterocycles. The van der Waals surface area contributed by atoms with Crippen LogP contribution in [0.2, 0.25) is 0 Å². The van der Waals surface area contributed by atoms with Crippen molar-refractivity contribution in [2.75, 3.05) is 36.5 Å². The summed E-state index contributed by atoms with van der Waals surface area (Å²) in [6, 6.07) is 7.06. The number of hydrogen-bond donors (Lipinski definition) is 2. The summed E-state index contributed by atoms with van der Waals surface area (Å²) in [5.41, 5.74) is 1.51. The molecular formula is C13H17N3O3. The van der Waals surface area contributed by atoms with E-state index in [2.05, 4.69) is 10.6 Å². The molecule has 1 fully saturated rings. The fraction of sp³-hybridized carbons (Fsp3) is 0.385. The lowest BCUT2D eigenvalue weighted by molar-refractivity contribution is -0.120. The average molecular weight is 263 g/mol. The monoisotopic (exact) mass is 263 g/mol. The zero-order valence-electron chi connectivity index (χ0n) is 10.8. The molecule has 1 aliphatic heterocycles. The van der Waals surface area contributed by atoms with Gasteiger partial charge in [0.05, 0.1) is 0 Å². The number of rotatable bonds is 5. The van der Waals surface area contributed by atoms with Gasteiger partial charge in [-0.2, -0.15) is 0 Å². The molecule has 6 heteroatoms. The van der Waals surface area contributed by atoms with Crippen molar-refractivity contribution in [3.05, 3.63) is 24.3 Å². The number of amides is 3. The second kappa shape index (κ2) is 6.19. The van der Waals surface area contributed by atoms with E-state index in [1.807, 2.05) is 6.92 Å². The Morgan fingerprint density at radius 2 is 2.16 bits per heavy atom. The van der Waals surface area contributed by atoms with Crippen molar-refractivity contribution < 1.29 is 14.3 Å². The van der Waals surface area contributed by atoms with Gasteiger partial charge in [0.2, 0.25) is 5.91 Å². The van der Waals surface area contributed by atoms with E-state index in [1.165, 1.54) is 0 Å². The van der Waals surface area contributed by atoms with Gasteiger partial charge in [-0.05, 0) is 31.2 Å². The molecule has 0 spiro atoms. The van der Waals surface area contributed by atoms with Crippen molar-refractivity contribution in [2.45, 2.75) is 6.92 Å². The van der Waals surface area contributed by atoms with Crippen LogP contribution < -0.4 is 15.5 Å². The highest BCUT2D eigenvalue weighted by Crippen LogP contribution is 2.19. The summed E-state index contributed by atoms with van der Waals surface area (Å²) >= 11 is 0. The molecule has 1 heterocycles. The first-order chi connectivity index (χ1) is 9.20. The number of anilines is 2. The zero-order valence-corrected chi connectivity index (χ0v) is 10.8. The predicted octanol–water partition coefficient (Wildman–Crippen LogP) is 1.19. The number of carbonyl (C=O) groups is 2. The third-order valence-corrected chi connectivity index (χ3v) is 2.76. The van der Waals surface area contributed by atoms with Crippen molar-refractivity contribution in [2.24, 2.45) is 0 Å². The number of hydrogen-bond acceptors (Lipinski definition) is 3. The summed E-state index contributed by atoms with van der Waals surface area (Å²) in [5, 5.41) is 5.46. The first-order valence-electron chi connectivity index (χ1n) is 6.23. The first kappa shape index (κ1) is 13.4. The molecule has 1 aliphatic rings. The van der Waals surface area contributed by atoms with E-state index in [0.717, 1.165) is 5.69 Å². The minimum atomic E-state index is -0.187. The smallest absolute Gasteiger partial charge is 0.321 e. The molecule has 0 atom stereocenters. The highest BCUT2D eigenvalue weighted by atomic mass is 16.5. The topological polar surface area (TPSA) is 70.7 Å². The molecule has 0 unspecified atom stereocenters. The van der Waals surface area contributed by atoms with E-state index < -0.39 is 0 Å². The molecule has 1 saturated heterocycles. The molecule has 19 heavy (non-hydrogen) atoms. The molecule has 0 radical (unpaired) electrons. The number of ether oxygens (including phenoxy) is 1. The molecule has 2 N–H and O–H groups in total. The Morgan fingerprint density at radius 1 is 1.42 bits per heavy atom. The van der Waals surface area contributed by atoms with E-state index in [4.69, 9.17) is 4.74 Å². The van der Waals surface area contributed by atoms with Gasteiger partial charge in [-0.1, -0.05) is 0 Å². The Morgan fingerprint density at radius 3 is 2.74 bits per heavy atom. The van der Waals surface area contributed by atoms with E-state index in [9.17, 15) is 9.59 Å². The fourth-order valence-electron chi connectivity index (χ4n) is 1.83. The van der Waals surface area contributed by atoms with Crippen LogP contribution in [0.3, 0.4) is 0 Å². The van der Waals surface area contributed by atoms with Crippen LogP contribution in [0.5, 0.6) is 0 Å². The van der Waals surface area contributed by atoms with Crippen LogP contribution in [0.4, 0.5) is 16.2 Å². The van der Waals surface area contributed by atoms with Gasteiger partial charge in [-0.15, -0.1) is 0 Å². The molecule has 0 aliphatic carbocycles. The maximum atomic E-state index is 11.5. The summed E-state index contributed by atoms with van der Waals surface area (Å²) in [6.07, 6.45) is 0. The van der Waals surface area contributed by atoms with Crippen LogP contribution in [0, 0.1) is 0 Å². The maximum absolute atomic E-state index is 11.5. The van der Waals surface area contributed by atoms with Crippen LogP contribution in [0.15, 0.2) is 24.3 Å². The summed E-state index contributed by atoms with van der Waals surface area (Å²) in [5.74, 6) is -0.187. The summed E-state index contributed by atoms with van der Waals surface area (Å²) in [6.45, 7) is 3.72. The Bertz CT molecular complexity index is 459. The van der Waals surface area contributed by atoms with Gasteiger partial charge in [-0.3, -0.25) is 9.69 Å². The predicted molar refractivity (Wildman–Crippen MR) is 72.3 cm³/mol. The second-order valence-electron chi connectivity index (χ2n) is 4.12. The van der Waals surface area contributed by atoms with Crippen molar-refractivity contribution in [3.63, 3.8) is 0 Å². The zero-order chi connectivity index (χ0) is 13.7. The maximum Gasteiger partial charge on any atom is 0.321 e. The molecule has 3 amide bonds. The molecule has 6 nitrogen and oxygen atoms in total. The lowest BCUT2D eigenvalue weighted by Crippen LogP contribution is -2.27. The second-order valence-corrected chi connectivity index (χ2v) is 4.12. The Kier molecular flexibility index (Phi) is 4.35. The number of urea groups is 1. The van der Waals surface area contributed by atoms with Crippen LogP contribution in [-0.2, 0) is 9.53 Å². The average Bonchev–Trinajstić information content (AvgIpc) is 2.83. The van der Waals surface area contributed by atoms with Crippen LogP contribution >= 0.6 is 0 Å². The molecular weight excluding hydrogens is 246 g/mol. The van der Waals surface area contributed by atoms with E-state index in [1.54, 1.807) is 29.2 Å². The lowest BCUT2D eigenvalue weighted by Gasteiger charge is -2.14. The van der Waals surface area contributed by atoms with Gasteiger partial charge in [0.15, 0.2) is 0 Å². The quantitative estimate of drug-likeness (QED) is 0.838. The molecule has 1 aromatic rings. The van der Waals surface area contributed by atoms with E-state index >= 15 is 0 Å². The van der Waals surface area contributed by atoms with E-state index in [-0.39, 0.29) is 18.5 Å². The van der Waals surface area contributed by atoms with Gasteiger partial charge in [0.1, 0.15) is 6.61 Å². The van der Waals surface area contributed by atoms with Gasteiger partial charge in [-0.25, -0.2) is 4.79 Å². The van der Waals surface area contributed by atoms with Crippen LogP contribution in [0.1, 0.15) is 6.92 Å². The Balaban J connectivity index is 1.94. The van der Waals surface area contributed by atoms with Crippen LogP contribution in [-0.4, -0.2) is 38.2 Å². The van der Waals surface area contributed by atoms with Gasteiger partial charge in [0.25, 0.3) is 0 Å². The Hall–Kier alpha value is -2.08. The molecule has 0 saturated carbocycles. The molecule has 2 rings (SSSR count). The van der Waals surface area contributed by atoms with Crippen molar-refractivity contribution in [1.82, 2.24) is 5.32 Å². The van der Waals surface area contributed by atoms with Crippen molar-refractivity contribution >= 4 is 23.3 Å². The summed E-state index contributed by atoms with van der Waals surface area (Å²) < 4.78 is 5.01. The molecule has 0 bridgehead atoms. The number of benzene rings is 1. The standard InChI is InChI=1S/C13H17N3O3/c1-2-19-9-12(17)15-10-3-5-11(6-4-10)16-8-7-14-13(16)18/h3-6H,2,7-9H2,1H3,(H,14,18)(H,15,17). The molecule has 1 aromatic carbocycles. The third-order valence-electron chi connectivity index (χ3n) is 2.76.